The summed E-state index contributed by atoms with van der Waals surface area (Å²) in [5.74, 6) is -0.562. The van der Waals surface area contributed by atoms with Crippen LogP contribution in [-0.2, 0) is 0 Å². The molecule has 0 amide bonds. The molecule has 0 saturated heterocycles. The van der Waals surface area contributed by atoms with Crippen LogP contribution >= 0.6 is 67.8 Å². The lowest BCUT2D eigenvalue weighted by Gasteiger charge is -2.01. The molecule has 2 N–H and O–H groups in total. The first-order chi connectivity index (χ1) is 7.91. The average Bonchev–Trinajstić information content (AvgIpc) is 2.34. The molecule has 0 fully saturated rings. The zero-order valence-corrected chi connectivity index (χ0v) is 14.5. The summed E-state index contributed by atoms with van der Waals surface area (Å²) < 4.78 is 2.49. The number of hydrogen-bond donors (Lipinski definition) is 2. The second kappa shape index (κ2) is 4.99. The van der Waals surface area contributed by atoms with Crippen LogP contribution in [0.1, 0.15) is 0 Å². The van der Waals surface area contributed by atoms with E-state index in [9.17, 15) is 14.7 Å². The molecule has 0 aliphatic rings. The van der Waals surface area contributed by atoms with Gasteiger partial charge in [-0.1, -0.05) is 0 Å². The van der Waals surface area contributed by atoms with E-state index in [0.717, 1.165) is 16.8 Å². The number of H-pyrrole nitrogens is 1. The standard InChI is InChI=1S/C10H4I3NO3/c11-3-1-4(12)8(13)9-7(3)5(15)2-6(16)10(17)14-9/h1-2,16H,(H,14,17). The predicted molar refractivity (Wildman–Crippen MR) is 90.7 cm³/mol. The second-order valence-corrected chi connectivity index (χ2v) is 6.66. The molecule has 17 heavy (non-hydrogen) atoms. The molecule has 88 valence electrons. The molecule has 0 bridgehead atoms. The van der Waals surface area contributed by atoms with Crippen LogP contribution in [0.2, 0.25) is 0 Å². The average molecular weight is 567 g/mol. The lowest BCUT2D eigenvalue weighted by Crippen LogP contribution is -2.02. The molecule has 0 aliphatic heterocycles. The maximum Gasteiger partial charge on any atom is 0.290 e. The van der Waals surface area contributed by atoms with Crippen molar-refractivity contribution in [2.24, 2.45) is 0 Å². The van der Waals surface area contributed by atoms with Gasteiger partial charge in [-0.05, 0) is 73.8 Å². The third-order valence-electron chi connectivity index (χ3n) is 2.16. The Morgan fingerprint density at radius 2 is 1.71 bits per heavy atom. The Labute approximate surface area is 136 Å². The third-order valence-corrected chi connectivity index (χ3v) is 6.01. The van der Waals surface area contributed by atoms with E-state index < -0.39 is 11.3 Å². The first kappa shape index (κ1) is 13.5. The number of benzene rings is 1. The summed E-state index contributed by atoms with van der Waals surface area (Å²) in [4.78, 5) is 26.0. The van der Waals surface area contributed by atoms with Crippen LogP contribution in [0.25, 0.3) is 10.9 Å². The second-order valence-electron chi connectivity index (χ2n) is 3.25. The van der Waals surface area contributed by atoms with Gasteiger partial charge in [0, 0.05) is 13.2 Å². The monoisotopic (exact) mass is 567 g/mol. The Morgan fingerprint density at radius 3 is 2.35 bits per heavy atom. The number of hydrogen-bond acceptors (Lipinski definition) is 3. The molecule has 0 spiro atoms. The largest absolute Gasteiger partial charge is 0.503 e. The van der Waals surface area contributed by atoms with Crippen molar-refractivity contribution in [3.63, 3.8) is 0 Å². The van der Waals surface area contributed by atoms with Crippen LogP contribution in [0, 0.1) is 10.7 Å². The topological polar surface area (TPSA) is 70.2 Å². The molecule has 0 unspecified atom stereocenters. The zero-order chi connectivity index (χ0) is 12.7. The van der Waals surface area contributed by atoms with Gasteiger partial charge < -0.3 is 10.1 Å². The first-order valence-corrected chi connectivity index (χ1v) is 7.59. The van der Waals surface area contributed by atoms with Gasteiger partial charge in [-0.2, -0.15) is 0 Å². The van der Waals surface area contributed by atoms with Crippen molar-refractivity contribution < 1.29 is 5.11 Å². The van der Waals surface area contributed by atoms with Crippen LogP contribution in [0.4, 0.5) is 0 Å². The van der Waals surface area contributed by atoms with Crippen LogP contribution in [0.3, 0.4) is 0 Å². The minimum Gasteiger partial charge on any atom is -0.503 e. The fourth-order valence-corrected chi connectivity index (χ4v) is 3.98. The summed E-state index contributed by atoms with van der Waals surface area (Å²) in [5, 5.41) is 9.80. The smallest absolute Gasteiger partial charge is 0.290 e. The number of nitrogens with one attached hydrogen (secondary N) is 1. The van der Waals surface area contributed by atoms with Gasteiger partial charge in [-0.15, -0.1) is 0 Å². The van der Waals surface area contributed by atoms with E-state index in [1.54, 1.807) is 0 Å². The first-order valence-electron chi connectivity index (χ1n) is 4.35. The molecule has 0 aliphatic carbocycles. The highest BCUT2D eigenvalue weighted by Gasteiger charge is 2.11. The van der Waals surface area contributed by atoms with E-state index >= 15 is 0 Å². The van der Waals surface area contributed by atoms with Gasteiger partial charge in [0.05, 0.1) is 14.5 Å². The van der Waals surface area contributed by atoms with Gasteiger partial charge in [0.1, 0.15) is 0 Å². The van der Waals surface area contributed by atoms with E-state index in [1.165, 1.54) is 0 Å². The van der Waals surface area contributed by atoms with E-state index in [2.05, 4.69) is 50.2 Å². The van der Waals surface area contributed by atoms with Crippen molar-refractivity contribution in [2.45, 2.75) is 0 Å². The van der Waals surface area contributed by atoms with Crippen molar-refractivity contribution in [1.82, 2.24) is 4.98 Å². The number of aromatic nitrogens is 1. The van der Waals surface area contributed by atoms with E-state index in [-0.39, 0.29) is 5.43 Å². The summed E-state index contributed by atoms with van der Waals surface area (Å²) in [6, 6.07) is 2.81. The minimum absolute atomic E-state index is 0.366. The molecule has 2 rings (SSSR count). The van der Waals surface area contributed by atoms with Gasteiger partial charge in [0.25, 0.3) is 5.56 Å². The van der Waals surface area contributed by atoms with Gasteiger partial charge in [-0.3, -0.25) is 9.59 Å². The molecule has 2 aromatic rings. The van der Waals surface area contributed by atoms with Crippen LogP contribution < -0.4 is 11.0 Å². The molecule has 1 aromatic carbocycles. The Bertz CT molecular complexity index is 739. The number of aromatic hydroxyl groups is 1. The Hall–Kier alpha value is 0.0900. The van der Waals surface area contributed by atoms with Crippen LogP contribution in [0.15, 0.2) is 21.7 Å². The third kappa shape index (κ3) is 2.45. The molecule has 0 atom stereocenters. The van der Waals surface area contributed by atoms with E-state index in [0.29, 0.717) is 10.9 Å². The number of rotatable bonds is 0. The van der Waals surface area contributed by atoms with Crippen molar-refractivity contribution in [1.29, 1.82) is 0 Å². The van der Waals surface area contributed by atoms with Crippen molar-refractivity contribution in [3.05, 3.63) is 43.4 Å². The fraction of sp³-hybridized carbons (Fsp3) is 0. The number of halogens is 3. The highest BCUT2D eigenvalue weighted by molar-refractivity contribution is 14.1. The van der Waals surface area contributed by atoms with E-state index in [1.807, 2.05) is 28.7 Å². The molecule has 0 saturated carbocycles. The Balaban J connectivity index is 3.24. The summed E-state index contributed by atoms with van der Waals surface area (Å²) >= 11 is 6.24. The summed E-state index contributed by atoms with van der Waals surface area (Å²) in [5.41, 5.74) is -0.556. The molecule has 1 aromatic heterocycles. The van der Waals surface area contributed by atoms with Crippen LogP contribution in [-0.4, -0.2) is 10.1 Å². The maximum atomic E-state index is 11.9. The van der Waals surface area contributed by atoms with Gasteiger partial charge in [-0.25, -0.2) is 0 Å². The van der Waals surface area contributed by atoms with Crippen molar-refractivity contribution in [3.8, 4) is 5.75 Å². The van der Waals surface area contributed by atoms with Gasteiger partial charge >= 0.3 is 0 Å². The fourth-order valence-electron chi connectivity index (χ4n) is 1.39. The van der Waals surface area contributed by atoms with Crippen LogP contribution in [0.5, 0.6) is 5.75 Å². The van der Waals surface area contributed by atoms with Gasteiger partial charge in [0.15, 0.2) is 11.2 Å². The Morgan fingerprint density at radius 1 is 1.06 bits per heavy atom. The minimum atomic E-state index is -0.659. The predicted octanol–water partition coefficient (Wildman–Crippen LogP) is 2.41. The lowest BCUT2D eigenvalue weighted by atomic mass is 10.2. The molecule has 7 heteroatoms. The van der Waals surface area contributed by atoms with E-state index in [4.69, 9.17) is 0 Å². The maximum absolute atomic E-state index is 11.9. The van der Waals surface area contributed by atoms with Crippen molar-refractivity contribution >= 4 is 78.7 Å². The highest BCUT2D eigenvalue weighted by atomic mass is 127. The lowest BCUT2D eigenvalue weighted by molar-refractivity contribution is 0.468. The molecule has 1 heterocycles. The molecule has 0 radical (unpaired) electrons. The molecular formula is C10H4I3NO3. The zero-order valence-electron chi connectivity index (χ0n) is 8.05. The summed E-state index contributed by atoms with van der Waals surface area (Å²) in [6.45, 7) is 0. The van der Waals surface area contributed by atoms with Gasteiger partial charge in [0.2, 0.25) is 0 Å². The molecule has 4 nitrogen and oxygen atoms in total. The highest BCUT2D eigenvalue weighted by Crippen LogP contribution is 2.25. The molecular weight excluding hydrogens is 563 g/mol. The number of fused-ring (bicyclic) bond motifs is 1. The quantitative estimate of drug-likeness (QED) is 0.380. The summed E-state index contributed by atoms with van der Waals surface area (Å²) in [7, 11) is 0. The summed E-state index contributed by atoms with van der Waals surface area (Å²) in [6.07, 6.45) is 0. The number of aromatic amines is 1. The SMILES string of the molecule is O=c1[nH]c2c(I)c(I)cc(I)c2c(=O)cc1O. The Kier molecular flexibility index (Phi) is 3.97. The van der Waals surface area contributed by atoms with Crippen molar-refractivity contribution in [2.75, 3.05) is 0 Å². The normalized spacial score (nSPS) is 10.8.